The van der Waals surface area contributed by atoms with Crippen molar-refractivity contribution in [2.75, 3.05) is 5.75 Å². The standard InChI is InChI=1S/C29H21Cl2N5O2S/c30-22-11-9-21(10-12-22)28-34-35-29(36(28)24-15-13-23(31)14-16-24)39-19-27(37)33-32-18-20-5-4-8-26(17-20)38-25-6-2-1-3-7-25/h1-18H,19H2,(H,33,37)/b32-18+. The minimum absolute atomic E-state index is 0.0842. The van der Waals surface area contributed by atoms with Crippen LogP contribution in [0.4, 0.5) is 0 Å². The average molecular weight is 574 g/mol. The van der Waals surface area contributed by atoms with Gasteiger partial charge in [-0.2, -0.15) is 5.10 Å². The third-order valence-corrected chi connectivity index (χ3v) is 6.83. The Kier molecular flexibility index (Phi) is 8.58. The molecular weight excluding hydrogens is 553 g/mol. The molecule has 7 nitrogen and oxygen atoms in total. The first-order valence-corrected chi connectivity index (χ1v) is 13.5. The molecule has 0 radical (unpaired) electrons. The van der Waals surface area contributed by atoms with E-state index in [2.05, 4.69) is 20.7 Å². The summed E-state index contributed by atoms with van der Waals surface area (Å²) in [4.78, 5) is 12.6. The van der Waals surface area contributed by atoms with Gasteiger partial charge in [-0.05, 0) is 78.4 Å². The summed E-state index contributed by atoms with van der Waals surface area (Å²) in [5, 5.41) is 14.6. The SMILES string of the molecule is O=C(CSc1nnc(-c2ccc(Cl)cc2)n1-c1ccc(Cl)cc1)N/N=C/c1cccc(Oc2ccccc2)c1. The maximum atomic E-state index is 12.6. The Morgan fingerprint density at radius 2 is 1.56 bits per heavy atom. The van der Waals surface area contributed by atoms with Crippen LogP contribution in [0.5, 0.6) is 11.5 Å². The first-order valence-electron chi connectivity index (χ1n) is 11.8. The molecule has 0 bridgehead atoms. The Hall–Kier alpha value is -4.11. The van der Waals surface area contributed by atoms with E-state index in [1.165, 1.54) is 11.8 Å². The van der Waals surface area contributed by atoms with Crippen LogP contribution in [-0.2, 0) is 4.79 Å². The van der Waals surface area contributed by atoms with E-state index in [1.54, 1.807) is 30.5 Å². The molecule has 0 spiro atoms. The van der Waals surface area contributed by atoms with Crippen LogP contribution in [0, 0.1) is 0 Å². The van der Waals surface area contributed by atoms with E-state index >= 15 is 0 Å². The summed E-state index contributed by atoms with van der Waals surface area (Å²) in [7, 11) is 0. The van der Waals surface area contributed by atoms with E-state index in [0.29, 0.717) is 26.8 Å². The number of amides is 1. The summed E-state index contributed by atoms with van der Waals surface area (Å²) in [5.41, 5.74) is 4.99. The molecule has 0 aliphatic carbocycles. The van der Waals surface area contributed by atoms with Crippen LogP contribution in [0.1, 0.15) is 5.56 Å². The van der Waals surface area contributed by atoms with Crippen molar-refractivity contribution >= 4 is 47.1 Å². The third-order valence-electron chi connectivity index (χ3n) is 5.39. The smallest absolute Gasteiger partial charge is 0.250 e. The number of ether oxygens (including phenoxy) is 1. The fraction of sp³-hybridized carbons (Fsp3) is 0.0345. The van der Waals surface area contributed by atoms with Crippen molar-refractivity contribution in [1.29, 1.82) is 0 Å². The fourth-order valence-corrected chi connectivity index (χ4v) is 4.59. The highest BCUT2D eigenvalue weighted by molar-refractivity contribution is 7.99. The molecule has 0 saturated carbocycles. The number of hydrogen-bond donors (Lipinski definition) is 1. The van der Waals surface area contributed by atoms with E-state index in [0.717, 1.165) is 22.6 Å². The topological polar surface area (TPSA) is 81.4 Å². The first kappa shape index (κ1) is 26.5. The number of rotatable bonds is 9. The van der Waals surface area contributed by atoms with Crippen molar-refractivity contribution in [2.24, 2.45) is 5.10 Å². The molecule has 10 heteroatoms. The van der Waals surface area contributed by atoms with Crippen LogP contribution < -0.4 is 10.2 Å². The van der Waals surface area contributed by atoms with Crippen LogP contribution in [0.2, 0.25) is 10.0 Å². The lowest BCUT2D eigenvalue weighted by Gasteiger charge is -2.10. The fourth-order valence-electron chi connectivity index (χ4n) is 3.60. The maximum absolute atomic E-state index is 12.6. The van der Waals surface area contributed by atoms with Crippen molar-refractivity contribution in [3.63, 3.8) is 0 Å². The molecule has 0 atom stereocenters. The van der Waals surface area contributed by atoms with Gasteiger partial charge >= 0.3 is 0 Å². The van der Waals surface area contributed by atoms with Gasteiger partial charge in [0, 0.05) is 21.3 Å². The highest BCUT2D eigenvalue weighted by atomic mass is 35.5. The molecule has 0 unspecified atom stereocenters. The normalized spacial score (nSPS) is 11.0. The van der Waals surface area contributed by atoms with Crippen LogP contribution >= 0.6 is 35.0 Å². The van der Waals surface area contributed by atoms with E-state index in [4.69, 9.17) is 27.9 Å². The number of nitrogens with one attached hydrogen (secondary N) is 1. The van der Waals surface area contributed by atoms with Crippen molar-refractivity contribution in [3.8, 4) is 28.6 Å². The molecule has 5 rings (SSSR count). The Bertz CT molecular complexity index is 1590. The van der Waals surface area contributed by atoms with E-state index in [-0.39, 0.29) is 11.7 Å². The van der Waals surface area contributed by atoms with Gasteiger partial charge < -0.3 is 4.74 Å². The molecule has 194 valence electrons. The van der Waals surface area contributed by atoms with E-state index in [1.807, 2.05) is 83.4 Å². The van der Waals surface area contributed by atoms with Crippen LogP contribution in [0.15, 0.2) is 113 Å². The molecule has 1 heterocycles. The van der Waals surface area contributed by atoms with Gasteiger partial charge in [-0.25, -0.2) is 5.43 Å². The minimum atomic E-state index is -0.286. The van der Waals surface area contributed by atoms with Gasteiger partial charge in [-0.15, -0.1) is 10.2 Å². The molecule has 1 amide bonds. The molecule has 0 fully saturated rings. The number of hydrazone groups is 1. The Balaban J connectivity index is 1.25. The molecule has 0 aliphatic rings. The Labute approximate surface area is 239 Å². The average Bonchev–Trinajstić information content (AvgIpc) is 3.37. The molecule has 1 N–H and O–H groups in total. The second-order valence-corrected chi connectivity index (χ2v) is 10.0. The van der Waals surface area contributed by atoms with Crippen LogP contribution in [-0.4, -0.2) is 32.6 Å². The van der Waals surface area contributed by atoms with Gasteiger partial charge in [0.2, 0.25) is 0 Å². The molecule has 5 aromatic rings. The maximum Gasteiger partial charge on any atom is 0.250 e. The number of benzene rings is 4. The zero-order valence-electron chi connectivity index (χ0n) is 20.4. The number of para-hydroxylation sites is 1. The minimum Gasteiger partial charge on any atom is -0.457 e. The quantitative estimate of drug-likeness (QED) is 0.114. The molecule has 39 heavy (non-hydrogen) atoms. The van der Waals surface area contributed by atoms with Crippen molar-refractivity contribution < 1.29 is 9.53 Å². The summed E-state index contributed by atoms with van der Waals surface area (Å²) < 4.78 is 7.72. The van der Waals surface area contributed by atoms with Gasteiger partial charge in [-0.1, -0.05) is 65.3 Å². The Morgan fingerprint density at radius 1 is 0.872 bits per heavy atom. The number of aromatic nitrogens is 3. The molecule has 0 saturated heterocycles. The largest absolute Gasteiger partial charge is 0.457 e. The summed E-state index contributed by atoms with van der Waals surface area (Å²) in [6.45, 7) is 0. The van der Waals surface area contributed by atoms with Crippen LogP contribution in [0.3, 0.4) is 0 Å². The number of halogens is 2. The summed E-state index contributed by atoms with van der Waals surface area (Å²) in [6, 6.07) is 31.6. The highest BCUT2D eigenvalue weighted by Gasteiger charge is 2.17. The van der Waals surface area contributed by atoms with Gasteiger partial charge in [0.25, 0.3) is 5.91 Å². The van der Waals surface area contributed by atoms with Crippen LogP contribution in [0.25, 0.3) is 17.1 Å². The lowest BCUT2D eigenvalue weighted by Crippen LogP contribution is -2.20. The zero-order valence-corrected chi connectivity index (χ0v) is 22.7. The second kappa shape index (κ2) is 12.6. The third kappa shape index (κ3) is 7.06. The number of nitrogens with zero attached hydrogens (tertiary/aromatic N) is 4. The zero-order chi connectivity index (χ0) is 27.0. The number of carbonyl (C=O) groups excluding carboxylic acids is 1. The monoisotopic (exact) mass is 573 g/mol. The first-order chi connectivity index (χ1) is 19.0. The van der Waals surface area contributed by atoms with Gasteiger partial charge in [0.15, 0.2) is 11.0 Å². The van der Waals surface area contributed by atoms with Crippen molar-refractivity contribution in [2.45, 2.75) is 5.16 Å². The summed E-state index contributed by atoms with van der Waals surface area (Å²) in [5.74, 6) is 1.83. The van der Waals surface area contributed by atoms with Crippen molar-refractivity contribution in [3.05, 3.63) is 119 Å². The van der Waals surface area contributed by atoms with E-state index < -0.39 is 0 Å². The van der Waals surface area contributed by atoms with Gasteiger partial charge in [-0.3, -0.25) is 9.36 Å². The summed E-state index contributed by atoms with van der Waals surface area (Å²) >= 11 is 13.4. The second-order valence-electron chi connectivity index (χ2n) is 8.19. The lowest BCUT2D eigenvalue weighted by atomic mass is 10.2. The Morgan fingerprint density at radius 3 is 2.31 bits per heavy atom. The van der Waals surface area contributed by atoms with Gasteiger partial charge in [0.05, 0.1) is 12.0 Å². The molecule has 1 aromatic heterocycles. The number of thioether (sulfide) groups is 1. The molecular formula is C29H21Cl2N5O2S. The predicted octanol–water partition coefficient (Wildman–Crippen LogP) is 7.28. The predicted molar refractivity (Wildman–Crippen MR) is 156 cm³/mol. The van der Waals surface area contributed by atoms with Crippen molar-refractivity contribution in [1.82, 2.24) is 20.2 Å². The van der Waals surface area contributed by atoms with E-state index in [9.17, 15) is 4.79 Å². The highest BCUT2D eigenvalue weighted by Crippen LogP contribution is 2.29. The number of carbonyl (C=O) groups is 1. The summed E-state index contributed by atoms with van der Waals surface area (Å²) in [6.07, 6.45) is 1.56. The van der Waals surface area contributed by atoms with Gasteiger partial charge in [0.1, 0.15) is 11.5 Å². The molecule has 0 aliphatic heterocycles. The molecule has 4 aromatic carbocycles. The number of hydrogen-bond acceptors (Lipinski definition) is 6. The lowest BCUT2D eigenvalue weighted by molar-refractivity contribution is -0.118.